The lowest BCUT2D eigenvalue weighted by atomic mass is 9.81. The average Bonchev–Trinajstić information content (AvgIpc) is 2.66. The normalized spacial score (nSPS) is 12.8. The van der Waals surface area contributed by atoms with Gasteiger partial charge >= 0.3 is 7.48 Å². The third-order valence-electron chi connectivity index (χ3n) is 5.82. The number of hydrogen-bond donors (Lipinski definition) is 1. The largest absolute Gasteiger partial charge is 0.427 e. The number of fused-ring (bicyclic) bond motifs is 6. The molecule has 0 saturated carbocycles. The Labute approximate surface area is 171 Å². The zero-order valence-electron chi connectivity index (χ0n) is 16.6. The molecule has 0 bridgehead atoms. The number of benzene rings is 4. The predicted molar refractivity (Wildman–Crippen MR) is 121 cm³/mol. The van der Waals surface area contributed by atoms with E-state index in [2.05, 4.69) is 54.6 Å². The minimum Gasteiger partial charge on any atom is -0.427 e. The van der Waals surface area contributed by atoms with Crippen LogP contribution in [0.2, 0.25) is 5.02 Å². The third-order valence-corrected chi connectivity index (χ3v) is 6.14. The van der Waals surface area contributed by atoms with Gasteiger partial charge in [-0.2, -0.15) is 0 Å². The lowest BCUT2D eigenvalue weighted by molar-refractivity contribution is -0.0893. The quantitative estimate of drug-likeness (QED) is 0.363. The van der Waals surface area contributed by atoms with Crippen LogP contribution in [0, 0.1) is 0 Å². The van der Waals surface area contributed by atoms with Crippen LogP contribution in [0.25, 0.3) is 32.3 Å². The van der Waals surface area contributed by atoms with Crippen molar-refractivity contribution in [3.05, 3.63) is 65.7 Å². The Kier molecular flexibility index (Phi) is 4.66. The van der Waals surface area contributed by atoms with Crippen molar-refractivity contribution >= 4 is 56.9 Å². The fourth-order valence-electron chi connectivity index (χ4n) is 3.39. The molecule has 0 fully saturated rings. The second kappa shape index (κ2) is 6.77. The van der Waals surface area contributed by atoms with Crippen LogP contribution in [-0.4, -0.2) is 23.8 Å². The molecular formula is C24H23BClO2. The highest BCUT2D eigenvalue weighted by Crippen LogP contribution is 2.35. The molecule has 1 N–H and O–H groups in total. The summed E-state index contributed by atoms with van der Waals surface area (Å²) in [5.74, 6) is 0. The Hall–Kier alpha value is -2.07. The van der Waals surface area contributed by atoms with Gasteiger partial charge in [0.2, 0.25) is 0 Å². The monoisotopic (exact) mass is 389 g/mol. The lowest BCUT2D eigenvalue weighted by Crippen LogP contribution is -2.49. The van der Waals surface area contributed by atoms with Crippen molar-refractivity contribution in [3.63, 3.8) is 0 Å². The van der Waals surface area contributed by atoms with Gasteiger partial charge in [-0.25, -0.2) is 0 Å². The van der Waals surface area contributed by atoms with Crippen LogP contribution in [-0.2, 0) is 4.65 Å². The molecule has 0 aromatic heterocycles. The molecule has 4 aromatic rings. The topological polar surface area (TPSA) is 29.5 Å². The Morgan fingerprint density at radius 1 is 0.750 bits per heavy atom. The second-order valence-corrected chi connectivity index (χ2v) is 8.72. The number of hydrogen-bond acceptors (Lipinski definition) is 2. The molecule has 4 aromatic carbocycles. The van der Waals surface area contributed by atoms with Crippen molar-refractivity contribution in [3.8, 4) is 0 Å². The van der Waals surface area contributed by atoms with Crippen LogP contribution in [0.5, 0.6) is 0 Å². The summed E-state index contributed by atoms with van der Waals surface area (Å²) in [4.78, 5) is 0. The van der Waals surface area contributed by atoms with E-state index in [1.54, 1.807) is 21.3 Å². The summed E-state index contributed by atoms with van der Waals surface area (Å²) in [7, 11) is 1.66. The maximum atomic E-state index is 10.3. The third kappa shape index (κ3) is 3.18. The van der Waals surface area contributed by atoms with Gasteiger partial charge in [0.15, 0.2) is 0 Å². The molecule has 0 amide bonds. The van der Waals surface area contributed by atoms with Crippen LogP contribution in [0.15, 0.2) is 60.7 Å². The molecule has 0 heterocycles. The molecule has 0 aliphatic rings. The van der Waals surface area contributed by atoms with Gasteiger partial charge in [0.25, 0.3) is 0 Å². The Morgan fingerprint density at radius 3 is 1.64 bits per heavy atom. The maximum Gasteiger partial charge on any atom is 0.332 e. The molecular weight excluding hydrogens is 367 g/mol. The van der Waals surface area contributed by atoms with Gasteiger partial charge in [0.1, 0.15) is 0 Å². The van der Waals surface area contributed by atoms with E-state index in [1.165, 1.54) is 21.5 Å². The van der Waals surface area contributed by atoms with E-state index < -0.39 is 11.2 Å². The van der Waals surface area contributed by atoms with E-state index in [1.807, 2.05) is 19.9 Å². The maximum absolute atomic E-state index is 10.3. The van der Waals surface area contributed by atoms with Crippen molar-refractivity contribution in [1.29, 1.82) is 0 Å². The molecule has 0 aliphatic heterocycles. The molecule has 0 unspecified atom stereocenters. The van der Waals surface area contributed by atoms with E-state index in [-0.39, 0.29) is 0 Å². The van der Waals surface area contributed by atoms with Crippen molar-refractivity contribution in [2.45, 2.75) is 38.9 Å². The zero-order chi connectivity index (χ0) is 20.1. The summed E-state index contributed by atoms with van der Waals surface area (Å²) in [5, 5.41) is 18.0. The molecule has 2 nitrogen and oxygen atoms in total. The van der Waals surface area contributed by atoms with E-state index >= 15 is 0 Å². The average molecular weight is 390 g/mol. The SMILES string of the molecule is CC(C)(O)C(C)(C)O[B]c1cc2c3ccccc3c3ccccc3c2cc1Cl. The molecule has 0 spiro atoms. The molecule has 141 valence electrons. The van der Waals surface area contributed by atoms with Gasteiger partial charge in [-0.3, -0.25) is 0 Å². The molecule has 1 radical (unpaired) electrons. The molecule has 0 saturated heterocycles. The van der Waals surface area contributed by atoms with Gasteiger partial charge in [-0.1, -0.05) is 66.2 Å². The van der Waals surface area contributed by atoms with E-state index in [9.17, 15) is 5.11 Å². The summed E-state index contributed by atoms with van der Waals surface area (Å²) >= 11 is 6.62. The fourth-order valence-corrected chi connectivity index (χ4v) is 3.59. The summed E-state index contributed by atoms with van der Waals surface area (Å²) in [6, 6.07) is 20.9. The van der Waals surface area contributed by atoms with Crippen LogP contribution >= 0.6 is 11.6 Å². The predicted octanol–water partition coefficient (Wildman–Crippen LogP) is 5.61. The van der Waals surface area contributed by atoms with Gasteiger partial charge in [0.05, 0.1) is 11.2 Å². The van der Waals surface area contributed by atoms with Crippen molar-refractivity contribution in [1.82, 2.24) is 0 Å². The zero-order valence-corrected chi connectivity index (χ0v) is 17.3. The summed E-state index contributed by atoms with van der Waals surface area (Å²) in [5.41, 5.74) is -0.946. The van der Waals surface area contributed by atoms with Crippen LogP contribution in [0.1, 0.15) is 27.7 Å². The summed E-state index contributed by atoms with van der Waals surface area (Å²) in [6.07, 6.45) is 0. The number of rotatable bonds is 4. The number of halogens is 1. The Morgan fingerprint density at radius 2 is 1.18 bits per heavy atom. The smallest absolute Gasteiger partial charge is 0.332 e. The Balaban J connectivity index is 1.91. The first kappa shape index (κ1) is 19.3. The standard InChI is InChI=1S/C24H23BClO2/c1-23(2,27)24(3,4)28-25-21-13-19-17-11-7-5-9-15(17)16-10-6-8-12-18(16)20(19)14-22(21)26/h5-14,27H,1-4H3. The fraction of sp³-hybridized carbons (Fsp3) is 0.250. The van der Waals surface area contributed by atoms with E-state index in [0.29, 0.717) is 5.02 Å². The molecule has 4 heteroatoms. The first-order chi connectivity index (χ1) is 13.2. The first-order valence-corrected chi connectivity index (χ1v) is 9.83. The lowest BCUT2D eigenvalue weighted by Gasteiger charge is -2.37. The highest BCUT2D eigenvalue weighted by molar-refractivity contribution is 6.55. The molecule has 4 rings (SSSR count). The molecule has 28 heavy (non-hydrogen) atoms. The van der Waals surface area contributed by atoms with E-state index in [0.717, 1.165) is 16.2 Å². The highest BCUT2D eigenvalue weighted by Gasteiger charge is 2.35. The summed E-state index contributed by atoms with van der Waals surface area (Å²) < 4.78 is 5.95. The summed E-state index contributed by atoms with van der Waals surface area (Å²) in [6.45, 7) is 7.20. The van der Waals surface area contributed by atoms with Crippen molar-refractivity contribution in [2.75, 3.05) is 0 Å². The molecule has 0 atom stereocenters. The van der Waals surface area contributed by atoms with Gasteiger partial charge in [-0.15, -0.1) is 0 Å². The first-order valence-electron chi connectivity index (χ1n) is 9.45. The van der Waals surface area contributed by atoms with Crippen molar-refractivity contribution < 1.29 is 9.76 Å². The van der Waals surface area contributed by atoms with Crippen LogP contribution in [0.4, 0.5) is 0 Å². The van der Waals surface area contributed by atoms with Gasteiger partial charge in [0, 0.05) is 5.02 Å². The highest BCUT2D eigenvalue weighted by atomic mass is 35.5. The van der Waals surface area contributed by atoms with Crippen LogP contribution < -0.4 is 5.46 Å². The number of aliphatic hydroxyl groups is 1. The van der Waals surface area contributed by atoms with E-state index in [4.69, 9.17) is 16.3 Å². The van der Waals surface area contributed by atoms with Gasteiger partial charge < -0.3 is 9.76 Å². The minimum absolute atomic E-state index is 0.625. The second-order valence-electron chi connectivity index (χ2n) is 8.32. The van der Waals surface area contributed by atoms with Crippen molar-refractivity contribution in [2.24, 2.45) is 0 Å². The van der Waals surface area contributed by atoms with Gasteiger partial charge in [-0.05, 0) is 71.5 Å². The minimum atomic E-state index is -0.990. The Bertz CT molecular complexity index is 1190. The van der Waals surface area contributed by atoms with Crippen LogP contribution in [0.3, 0.4) is 0 Å². The molecule has 0 aliphatic carbocycles.